The number of aryl methyl sites for hydroxylation is 2. The molecular weight excluding hydrogens is 338 g/mol. The van der Waals surface area contributed by atoms with Gasteiger partial charge in [0, 0.05) is 13.0 Å². The molecule has 24 heavy (non-hydrogen) atoms. The Morgan fingerprint density at radius 3 is 2.88 bits per heavy atom. The normalized spacial score (nSPS) is 10.4. The van der Waals surface area contributed by atoms with E-state index in [1.54, 1.807) is 13.8 Å². The van der Waals surface area contributed by atoms with Crippen LogP contribution in [0.5, 0.6) is 0 Å². The van der Waals surface area contributed by atoms with Crippen LogP contribution in [-0.4, -0.2) is 37.9 Å². The average Bonchev–Trinajstić information content (AvgIpc) is 3.12. The summed E-state index contributed by atoms with van der Waals surface area (Å²) in [6.45, 7) is 3.86. The second-order valence-corrected chi connectivity index (χ2v) is 5.68. The highest BCUT2D eigenvalue weighted by molar-refractivity contribution is 7.17. The number of esters is 1. The zero-order valence-corrected chi connectivity index (χ0v) is 13.8. The van der Waals surface area contributed by atoms with Crippen LogP contribution in [0, 0.1) is 17.0 Å². The van der Waals surface area contributed by atoms with Crippen molar-refractivity contribution in [3.63, 3.8) is 0 Å². The van der Waals surface area contributed by atoms with Gasteiger partial charge >= 0.3 is 11.8 Å². The molecule has 0 bridgehead atoms. The molecule has 0 unspecified atom stereocenters. The van der Waals surface area contributed by atoms with Gasteiger partial charge in [-0.2, -0.15) is 0 Å². The van der Waals surface area contributed by atoms with Crippen molar-refractivity contribution in [3.8, 4) is 0 Å². The third kappa shape index (κ3) is 4.35. The van der Waals surface area contributed by atoms with E-state index in [2.05, 4.69) is 15.3 Å². The van der Waals surface area contributed by atoms with Crippen LogP contribution in [0.1, 0.15) is 28.7 Å². The lowest BCUT2D eigenvalue weighted by Gasteiger charge is -2.01. The minimum atomic E-state index is -0.605. The molecule has 0 fully saturated rings. The van der Waals surface area contributed by atoms with Crippen LogP contribution in [0.25, 0.3) is 0 Å². The topological polar surface area (TPSA) is 129 Å². The molecule has 2 rings (SSSR count). The number of anilines is 1. The maximum Gasteiger partial charge on any atom is 0.381 e. The minimum absolute atomic E-state index is 0.0842. The highest BCUT2D eigenvalue weighted by Crippen LogP contribution is 2.23. The molecular formula is C13H15N5O5S. The fourth-order valence-electron chi connectivity index (χ4n) is 1.81. The van der Waals surface area contributed by atoms with E-state index in [1.807, 2.05) is 0 Å². The fourth-order valence-corrected chi connectivity index (χ4v) is 2.69. The summed E-state index contributed by atoms with van der Waals surface area (Å²) >= 11 is 1.04. The van der Waals surface area contributed by atoms with Crippen molar-refractivity contribution in [2.45, 2.75) is 26.8 Å². The molecule has 1 N–H and O–H groups in total. The number of aromatic nitrogens is 3. The summed E-state index contributed by atoms with van der Waals surface area (Å²) in [5, 5.41) is 13.4. The van der Waals surface area contributed by atoms with Gasteiger partial charge in [0.05, 0.1) is 12.3 Å². The number of ether oxygens (including phenoxy) is 1. The van der Waals surface area contributed by atoms with Gasteiger partial charge in [-0.15, -0.1) is 0 Å². The summed E-state index contributed by atoms with van der Waals surface area (Å²) in [4.78, 5) is 41.6. The smallest absolute Gasteiger partial charge is 0.381 e. The van der Waals surface area contributed by atoms with E-state index >= 15 is 0 Å². The molecule has 128 valence electrons. The van der Waals surface area contributed by atoms with Gasteiger partial charge in [0.25, 0.3) is 0 Å². The zero-order valence-electron chi connectivity index (χ0n) is 13.0. The van der Waals surface area contributed by atoms with Crippen LogP contribution in [0.15, 0.2) is 12.5 Å². The molecule has 2 heterocycles. The maximum atomic E-state index is 11.9. The Morgan fingerprint density at radius 2 is 2.25 bits per heavy atom. The van der Waals surface area contributed by atoms with Crippen LogP contribution in [0.2, 0.25) is 0 Å². The minimum Gasteiger partial charge on any atom is -0.462 e. The molecule has 2 aromatic rings. The molecule has 0 atom stereocenters. The molecule has 0 spiro atoms. The van der Waals surface area contributed by atoms with Crippen molar-refractivity contribution in [3.05, 3.63) is 33.2 Å². The number of imidazole rings is 1. The molecule has 2 aromatic heterocycles. The van der Waals surface area contributed by atoms with Crippen LogP contribution in [0.3, 0.4) is 0 Å². The van der Waals surface area contributed by atoms with E-state index in [-0.39, 0.29) is 31.3 Å². The number of amides is 1. The van der Waals surface area contributed by atoms with Gasteiger partial charge in [-0.1, -0.05) is 11.3 Å². The molecule has 0 saturated heterocycles. The number of carbonyl (C=O) groups excluding carboxylic acids is 2. The van der Waals surface area contributed by atoms with E-state index in [9.17, 15) is 19.7 Å². The van der Waals surface area contributed by atoms with E-state index in [0.29, 0.717) is 15.7 Å². The fraction of sp³-hybridized carbons (Fsp3) is 0.385. The van der Waals surface area contributed by atoms with Crippen molar-refractivity contribution < 1.29 is 19.2 Å². The molecule has 1 amide bonds. The molecule has 10 nitrogen and oxygen atoms in total. The second-order valence-electron chi connectivity index (χ2n) is 4.68. The van der Waals surface area contributed by atoms with Gasteiger partial charge in [0.1, 0.15) is 11.1 Å². The number of carbonyl (C=O) groups is 2. The third-order valence-electron chi connectivity index (χ3n) is 2.91. The van der Waals surface area contributed by atoms with Gasteiger partial charge in [-0.05, 0) is 23.8 Å². The summed E-state index contributed by atoms with van der Waals surface area (Å²) in [5.74, 6) is -1.07. The van der Waals surface area contributed by atoms with Gasteiger partial charge in [0.2, 0.25) is 12.2 Å². The number of nitrogens with zero attached hydrogens (tertiary/aromatic N) is 4. The number of nitrogens with one attached hydrogen (secondary N) is 1. The molecule has 0 aliphatic heterocycles. The maximum absolute atomic E-state index is 11.9. The Labute approximate surface area is 140 Å². The van der Waals surface area contributed by atoms with Gasteiger partial charge in [-0.25, -0.2) is 9.78 Å². The first kappa shape index (κ1) is 17.5. The van der Waals surface area contributed by atoms with Crippen molar-refractivity contribution in [2.75, 3.05) is 11.9 Å². The molecule has 0 aliphatic rings. The standard InChI is InChI=1S/C13H15N5O5S/c1-3-23-12(20)11-8(2)15-13(24-11)16-10(19)4-5-17-6-9(14-7-17)18(21)22/h6-7H,3-5H2,1-2H3,(H,15,16,19). The van der Waals surface area contributed by atoms with Gasteiger partial charge in [0.15, 0.2) is 5.13 Å². The lowest BCUT2D eigenvalue weighted by atomic mass is 10.4. The number of nitro groups is 1. The van der Waals surface area contributed by atoms with Crippen molar-refractivity contribution in [1.29, 1.82) is 0 Å². The first-order valence-electron chi connectivity index (χ1n) is 7.01. The third-order valence-corrected chi connectivity index (χ3v) is 3.96. The van der Waals surface area contributed by atoms with E-state index in [1.165, 1.54) is 17.1 Å². The van der Waals surface area contributed by atoms with Gasteiger partial charge in [-0.3, -0.25) is 4.79 Å². The Balaban J connectivity index is 1.91. The summed E-state index contributed by atoms with van der Waals surface area (Å²) in [6, 6.07) is 0. The van der Waals surface area contributed by atoms with Crippen molar-refractivity contribution in [2.24, 2.45) is 0 Å². The highest BCUT2D eigenvalue weighted by atomic mass is 32.1. The molecule has 0 aromatic carbocycles. The van der Waals surface area contributed by atoms with Crippen molar-refractivity contribution >= 4 is 34.2 Å². The Morgan fingerprint density at radius 1 is 1.50 bits per heavy atom. The Hall–Kier alpha value is -2.82. The Bertz CT molecular complexity index is 769. The number of hydrogen-bond acceptors (Lipinski definition) is 8. The van der Waals surface area contributed by atoms with Crippen molar-refractivity contribution in [1.82, 2.24) is 14.5 Å². The highest BCUT2D eigenvalue weighted by Gasteiger charge is 2.17. The van der Waals surface area contributed by atoms with E-state index in [0.717, 1.165) is 11.3 Å². The molecule has 11 heteroatoms. The van der Waals surface area contributed by atoms with Crippen LogP contribution in [0.4, 0.5) is 10.9 Å². The van der Waals surface area contributed by atoms with Gasteiger partial charge < -0.3 is 24.7 Å². The largest absolute Gasteiger partial charge is 0.462 e. The Kier molecular flexibility index (Phi) is 5.58. The summed E-state index contributed by atoms with van der Waals surface area (Å²) < 4.78 is 6.36. The number of rotatable bonds is 7. The second kappa shape index (κ2) is 7.64. The van der Waals surface area contributed by atoms with E-state index in [4.69, 9.17) is 4.74 Å². The molecule has 0 saturated carbocycles. The predicted molar refractivity (Wildman–Crippen MR) is 84.9 cm³/mol. The summed E-state index contributed by atoms with van der Waals surface area (Å²) in [6.07, 6.45) is 2.62. The monoisotopic (exact) mass is 353 g/mol. The number of hydrogen-bond donors (Lipinski definition) is 1. The van der Waals surface area contributed by atoms with Crippen LogP contribution >= 0.6 is 11.3 Å². The lowest BCUT2D eigenvalue weighted by Crippen LogP contribution is -2.13. The average molecular weight is 353 g/mol. The zero-order chi connectivity index (χ0) is 17.7. The molecule has 0 aliphatic carbocycles. The first-order valence-corrected chi connectivity index (χ1v) is 7.83. The molecule has 0 radical (unpaired) electrons. The quantitative estimate of drug-likeness (QED) is 0.456. The lowest BCUT2D eigenvalue weighted by molar-refractivity contribution is -0.389. The SMILES string of the molecule is CCOC(=O)c1sc(NC(=O)CCn2cnc([N+](=O)[O-])c2)nc1C. The van der Waals surface area contributed by atoms with E-state index < -0.39 is 10.9 Å². The summed E-state index contributed by atoms with van der Waals surface area (Å²) in [7, 11) is 0. The number of thiazole rings is 1. The van der Waals surface area contributed by atoms with Crippen LogP contribution in [-0.2, 0) is 16.1 Å². The summed E-state index contributed by atoms with van der Waals surface area (Å²) in [5.41, 5.74) is 0.485. The predicted octanol–water partition coefficient (Wildman–Crippen LogP) is 1.76. The van der Waals surface area contributed by atoms with Crippen LogP contribution < -0.4 is 5.32 Å². The first-order chi connectivity index (χ1) is 11.4.